The summed E-state index contributed by atoms with van der Waals surface area (Å²) < 4.78 is 26.8. The molecule has 0 saturated heterocycles. The summed E-state index contributed by atoms with van der Waals surface area (Å²) in [5.41, 5.74) is 1.38. The number of hydrogen-bond acceptors (Lipinski definition) is 3. The molecular formula is C15H16F2N2S. The van der Waals surface area contributed by atoms with E-state index in [1.54, 1.807) is 0 Å². The van der Waals surface area contributed by atoms with Crippen LogP contribution in [0.4, 0.5) is 8.78 Å². The second-order valence-electron chi connectivity index (χ2n) is 5.02. The highest BCUT2D eigenvalue weighted by atomic mass is 32.1. The van der Waals surface area contributed by atoms with Gasteiger partial charge in [-0.3, -0.25) is 0 Å². The fourth-order valence-electron chi connectivity index (χ4n) is 2.10. The van der Waals surface area contributed by atoms with Crippen molar-refractivity contribution in [2.45, 2.75) is 38.8 Å². The third-order valence-electron chi connectivity index (χ3n) is 3.40. The molecule has 2 aromatic rings. The number of aryl methyl sites for hydroxylation is 1. The molecule has 0 unspecified atom stereocenters. The minimum atomic E-state index is -0.561. The van der Waals surface area contributed by atoms with E-state index < -0.39 is 11.6 Å². The van der Waals surface area contributed by atoms with Crippen LogP contribution in [-0.2, 0) is 13.0 Å². The van der Waals surface area contributed by atoms with Gasteiger partial charge in [0, 0.05) is 29.1 Å². The van der Waals surface area contributed by atoms with Gasteiger partial charge < -0.3 is 5.32 Å². The Morgan fingerprint density at radius 3 is 2.80 bits per heavy atom. The highest BCUT2D eigenvalue weighted by molar-refractivity contribution is 7.15. The molecule has 1 aliphatic rings. The largest absolute Gasteiger partial charge is 0.309 e. The maximum absolute atomic E-state index is 13.8. The van der Waals surface area contributed by atoms with Gasteiger partial charge in [-0.25, -0.2) is 13.8 Å². The van der Waals surface area contributed by atoms with Gasteiger partial charge in [0.25, 0.3) is 0 Å². The molecule has 0 atom stereocenters. The van der Waals surface area contributed by atoms with E-state index in [-0.39, 0.29) is 0 Å². The van der Waals surface area contributed by atoms with E-state index >= 15 is 0 Å². The Morgan fingerprint density at radius 1 is 1.35 bits per heavy atom. The molecule has 0 radical (unpaired) electrons. The van der Waals surface area contributed by atoms with Crippen LogP contribution in [0.1, 0.15) is 30.3 Å². The van der Waals surface area contributed by atoms with Crippen molar-refractivity contribution in [2.75, 3.05) is 0 Å². The number of nitrogens with zero attached hydrogens (tertiary/aromatic N) is 1. The molecule has 0 spiro atoms. The molecule has 1 aliphatic carbocycles. The number of benzene rings is 1. The summed E-state index contributed by atoms with van der Waals surface area (Å²) in [6.07, 6.45) is 3.29. The highest BCUT2D eigenvalue weighted by Gasteiger charge is 2.22. The lowest BCUT2D eigenvalue weighted by atomic mass is 10.2. The first-order valence-electron chi connectivity index (χ1n) is 6.84. The zero-order valence-electron chi connectivity index (χ0n) is 11.2. The molecule has 20 heavy (non-hydrogen) atoms. The highest BCUT2D eigenvalue weighted by Crippen LogP contribution is 2.31. The lowest BCUT2D eigenvalue weighted by Gasteiger charge is -2.00. The average Bonchev–Trinajstić information content (AvgIpc) is 3.16. The molecule has 3 rings (SSSR count). The molecule has 0 bridgehead atoms. The Morgan fingerprint density at radius 2 is 2.15 bits per heavy atom. The van der Waals surface area contributed by atoms with E-state index in [0.717, 1.165) is 29.6 Å². The second-order valence-corrected chi connectivity index (χ2v) is 6.11. The van der Waals surface area contributed by atoms with Crippen LogP contribution in [0.25, 0.3) is 10.6 Å². The smallest absolute Gasteiger partial charge is 0.136 e. The van der Waals surface area contributed by atoms with Crippen molar-refractivity contribution in [1.82, 2.24) is 10.3 Å². The van der Waals surface area contributed by atoms with Crippen molar-refractivity contribution < 1.29 is 8.78 Å². The Balaban J connectivity index is 1.88. The molecule has 1 aromatic carbocycles. The Hall–Kier alpha value is -1.33. The van der Waals surface area contributed by atoms with Gasteiger partial charge in [-0.1, -0.05) is 6.92 Å². The summed E-state index contributed by atoms with van der Waals surface area (Å²) in [6, 6.07) is 4.27. The summed E-state index contributed by atoms with van der Waals surface area (Å²) >= 11 is 1.49. The normalized spacial score (nSPS) is 14.8. The van der Waals surface area contributed by atoms with Gasteiger partial charge in [0.1, 0.15) is 16.6 Å². The fourth-order valence-corrected chi connectivity index (χ4v) is 3.23. The molecular weight excluding hydrogens is 278 g/mol. The van der Waals surface area contributed by atoms with Crippen molar-refractivity contribution in [3.8, 4) is 10.6 Å². The quantitative estimate of drug-likeness (QED) is 0.904. The molecule has 2 nitrogen and oxygen atoms in total. The predicted molar refractivity (Wildman–Crippen MR) is 76.7 cm³/mol. The third kappa shape index (κ3) is 2.88. The van der Waals surface area contributed by atoms with E-state index in [1.165, 1.54) is 36.3 Å². The molecule has 1 saturated carbocycles. The van der Waals surface area contributed by atoms with Crippen LogP contribution in [0.3, 0.4) is 0 Å². The van der Waals surface area contributed by atoms with E-state index in [1.807, 2.05) is 6.92 Å². The number of nitrogens with one attached hydrogen (secondary N) is 1. The van der Waals surface area contributed by atoms with Crippen LogP contribution in [-0.4, -0.2) is 11.0 Å². The standard InChI is InChI=1S/C15H16F2N2S/c1-2-13-14(8-18-10-4-5-10)20-15(19-13)11-6-3-9(16)7-12(11)17/h3,6-7,10,18H,2,4-5,8H2,1H3. The number of rotatable bonds is 5. The maximum Gasteiger partial charge on any atom is 0.136 e. The molecule has 1 N–H and O–H groups in total. The summed E-state index contributed by atoms with van der Waals surface area (Å²) in [5.74, 6) is -1.11. The van der Waals surface area contributed by atoms with Crippen LogP contribution < -0.4 is 5.32 Å². The van der Waals surface area contributed by atoms with Gasteiger partial charge in [-0.15, -0.1) is 11.3 Å². The number of aromatic nitrogens is 1. The van der Waals surface area contributed by atoms with E-state index in [0.29, 0.717) is 16.6 Å². The van der Waals surface area contributed by atoms with Crippen LogP contribution in [0.15, 0.2) is 18.2 Å². The SMILES string of the molecule is CCc1nc(-c2ccc(F)cc2F)sc1CNC1CC1. The van der Waals surface area contributed by atoms with E-state index in [9.17, 15) is 8.78 Å². The molecule has 1 aromatic heterocycles. The number of thiazole rings is 1. The lowest BCUT2D eigenvalue weighted by Crippen LogP contribution is -2.15. The fraction of sp³-hybridized carbons (Fsp3) is 0.400. The van der Waals surface area contributed by atoms with Crippen LogP contribution >= 0.6 is 11.3 Å². The summed E-state index contributed by atoms with van der Waals surface area (Å²) in [6.45, 7) is 2.83. The third-order valence-corrected chi connectivity index (χ3v) is 4.53. The second kappa shape index (κ2) is 5.58. The van der Waals surface area contributed by atoms with Gasteiger partial charge in [-0.05, 0) is 31.4 Å². The minimum Gasteiger partial charge on any atom is -0.309 e. The van der Waals surface area contributed by atoms with Gasteiger partial charge in [-0.2, -0.15) is 0 Å². The van der Waals surface area contributed by atoms with Crippen molar-refractivity contribution in [3.05, 3.63) is 40.4 Å². The zero-order chi connectivity index (χ0) is 14.1. The lowest BCUT2D eigenvalue weighted by molar-refractivity contribution is 0.585. The molecule has 0 amide bonds. The minimum absolute atomic E-state index is 0.378. The number of halogens is 2. The molecule has 1 heterocycles. The van der Waals surface area contributed by atoms with Crippen molar-refractivity contribution in [3.63, 3.8) is 0 Å². The predicted octanol–water partition coefficient (Wildman–Crippen LogP) is 3.90. The molecule has 106 valence electrons. The van der Waals surface area contributed by atoms with Crippen LogP contribution in [0.5, 0.6) is 0 Å². The monoisotopic (exact) mass is 294 g/mol. The van der Waals surface area contributed by atoms with E-state index in [4.69, 9.17) is 0 Å². The average molecular weight is 294 g/mol. The Labute approximate surface area is 120 Å². The summed E-state index contributed by atoms with van der Waals surface area (Å²) in [5, 5.41) is 4.08. The summed E-state index contributed by atoms with van der Waals surface area (Å²) in [7, 11) is 0. The first kappa shape index (κ1) is 13.6. The molecule has 0 aliphatic heterocycles. The van der Waals surface area contributed by atoms with Crippen molar-refractivity contribution in [1.29, 1.82) is 0 Å². The van der Waals surface area contributed by atoms with Crippen molar-refractivity contribution in [2.24, 2.45) is 0 Å². The van der Waals surface area contributed by atoms with E-state index in [2.05, 4.69) is 10.3 Å². The van der Waals surface area contributed by atoms with Crippen LogP contribution in [0, 0.1) is 11.6 Å². The first-order valence-corrected chi connectivity index (χ1v) is 7.66. The number of hydrogen-bond donors (Lipinski definition) is 1. The van der Waals surface area contributed by atoms with Gasteiger partial charge >= 0.3 is 0 Å². The summed E-state index contributed by atoms with van der Waals surface area (Å²) in [4.78, 5) is 5.65. The van der Waals surface area contributed by atoms with Crippen LogP contribution in [0.2, 0.25) is 0 Å². The van der Waals surface area contributed by atoms with Gasteiger partial charge in [0.15, 0.2) is 0 Å². The topological polar surface area (TPSA) is 24.9 Å². The van der Waals surface area contributed by atoms with Gasteiger partial charge in [0.05, 0.1) is 5.69 Å². The van der Waals surface area contributed by atoms with Crippen molar-refractivity contribution >= 4 is 11.3 Å². The molecule has 5 heteroatoms. The Bertz CT molecular complexity index is 620. The van der Waals surface area contributed by atoms with Gasteiger partial charge in [0.2, 0.25) is 0 Å². The Kier molecular flexibility index (Phi) is 3.81. The zero-order valence-corrected chi connectivity index (χ0v) is 12.1. The molecule has 1 fully saturated rings. The first-order chi connectivity index (χ1) is 9.67. The maximum atomic E-state index is 13.8.